The summed E-state index contributed by atoms with van der Waals surface area (Å²) in [6.45, 7) is -0.427. The Labute approximate surface area is 108 Å². The van der Waals surface area contributed by atoms with Gasteiger partial charge in [-0.25, -0.2) is 5.14 Å². The third-order valence-electron chi connectivity index (χ3n) is 1.96. The number of rotatable bonds is 5. The third kappa shape index (κ3) is 4.82. The van der Waals surface area contributed by atoms with Crippen molar-refractivity contribution in [2.24, 2.45) is 10.9 Å². The number of hydrogen-bond donors (Lipinski definition) is 2. The molecule has 0 aliphatic carbocycles. The lowest BCUT2D eigenvalue weighted by Gasteiger charge is -2.17. The van der Waals surface area contributed by atoms with Crippen molar-refractivity contribution in [1.82, 2.24) is 4.31 Å². The van der Waals surface area contributed by atoms with Crippen molar-refractivity contribution < 1.29 is 13.2 Å². The van der Waals surface area contributed by atoms with Gasteiger partial charge in [-0.15, -0.1) is 0 Å². The molecule has 1 aromatic carbocycles. The minimum absolute atomic E-state index is 0.00898. The van der Waals surface area contributed by atoms with Crippen LogP contribution in [0.4, 0.5) is 0 Å². The highest BCUT2D eigenvalue weighted by molar-refractivity contribution is 9.10. The van der Waals surface area contributed by atoms with E-state index in [2.05, 4.69) is 15.9 Å². The lowest BCUT2D eigenvalue weighted by molar-refractivity contribution is -0.118. The molecule has 1 amide bonds. The minimum atomic E-state index is -3.95. The summed E-state index contributed by atoms with van der Waals surface area (Å²) in [4.78, 5) is 10.8. The van der Waals surface area contributed by atoms with Crippen LogP contribution < -0.4 is 10.9 Å². The first kappa shape index (κ1) is 14.1. The fraction of sp³-hybridized carbons (Fsp3) is 0.222. The molecule has 17 heavy (non-hydrogen) atoms. The molecule has 0 spiro atoms. The second-order valence-corrected chi connectivity index (χ2v) is 5.87. The normalized spacial score (nSPS) is 11.7. The predicted molar refractivity (Wildman–Crippen MR) is 66.9 cm³/mol. The maximum Gasteiger partial charge on any atom is 0.277 e. The molecule has 0 radical (unpaired) electrons. The van der Waals surface area contributed by atoms with Crippen LogP contribution >= 0.6 is 15.9 Å². The molecule has 0 heterocycles. The Morgan fingerprint density at radius 3 is 2.24 bits per heavy atom. The molecule has 1 aromatic rings. The molecular weight excluding hydrogens is 310 g/mol. The summed E-state index contributed by atoms with van der Waals surface area (Å²) in [5, 5.41) is 4.99. The SMILES string of the molecule is NC(=O)CN(Cc1ccc(Br)cc1)S(N)(=O)=O. The zero-order valence-electron chi connectivity index (χ0n) is 8.84. The van der Waals surface area contributed by atoms with Gasteiger partial charge in [0.15, 0.2) is 0 Å². The van der Waals surface area contributed by atoms with Crippen LogP contribution in [-0.2, 0) is 21.5 Å². The summed E-state index contributed by atoms with van der Waals surface area (Å²) < 4.78 is 24.1. The molecule has 0 aromatic heterocycles. The van der Waals surface area contributed by atoms with Gasteiger partial charge in [-0.2, -0.15) is 12.7 Å². The van der Waals surface area contributed by atoms with Crippen molar-refractivity contribution in [1.29, 1.82) is 0 Å². The second kappa shape index (κ2) is 5.58. The van der Waals surface area contributed by atoms with Crippen LogP contribution in [0, 0.1) is 0 Å². The first-order valence-corrected chi connectivity index (χ1v) is 6.89. The summed E-state index contributed by atoms with van der Waals surface area (Å²) in [5.41, 5.74) is 5.67. The standard InChI is InChI=1S/C9H12BrN3O3S/c10-8-3-1-7(2-4-8)5-13(6-9(11)14)17(12,15)16/h1-4H,5-6H2,(H2,11,14)(H2,12,15,16). The molecule has 1 rings (SSSR count). The van der Waals surface area contributed by atoms with E-state index in [9.17, 15) is 13.2 Å². The number of benzene rings is 1. The Balaban J connectivity index is 2.87. The Hall–Kier alpha value is -0.960. The van der Waals surface area contributed by atoms with Gasteiger partial charge >= 0.3 is 0 Å². The van der Waals surface area contributed by atoms with Crippen LogP contribution in [0.15, 0.2) is 28.7 Å². The van der Waals surface area contributed by atoms with E-state index in [0.717, 1.165) is 8.78 Å². The van der Waals surface area contributed by atoms with Crippen LogP contribution in [0.2, 0.25) is 0 Å². The van der Waals surface area contributed by atoms with Crippen molar-refractivity contribution in [3.63, 3.8) is 0 Å². The molecule has 8 heteroatoms. The van der Waals surface area contributed by atoms with Crippen LogP contribution in [0.25, 0.3) is 0 Å². The highest BCUT2D eigenvalue weighted by Crippen LogP contribution is 2.12. The lowest BCUT2D eigenvalue weighted by atomic mass is 10.2. The number of amides is 1. The number of nitrogens with zero attached hydrogens (tertiary/aromatic N) is 1. The number of carbonyl (C=O) groups excluding carboxylic acids is 1. The van der Waals surface area contributed by atoms with E-state index in [1.165, 1.54) is 0 Å². The van der Waals surface area contributed by atoms with Crippen LogP contribution in [0.1, 0.15) is 5.56 Å². The maximum atomic E-state index is 11.2. The summed E-state index contributed by atoms with van der Waals surface area (Å²) in [6, 6.07) is 6.98. The number of hydrogen-bond acceptors (Lipinski definition) is 3. The molecule has 0 saturated heterocycles. The molecule has 0 aliphatic rings. The molecule has 94 valence electrons. The van der Waals surface area contributed by atoms with E-state index in [0.29, 0.717) is 5.56 Å². The molecule has 6 nitrogen and oxygen atoms in total. The van der Waals surface area contributed by atoms with Gasteiger partial charge in [0.25, 0.3) is 10.2 Å². The Kier molecular flexibility index (Phi) is 4.63. The first-order valence-electron chi connectivity index (χ1n) is 4.59. The van der Waals surface area contributed by atoms with E-state index in [1.807, 2.05) is 0 Å². The van der Waals surface area contributed by atoms with Crippen LogP contribution in [0.3, 0.4) is 0 Å². The Morgan fingerprint density at radius 1 is 1.29 bits per heavy atom. The van der Waals surface area contributed by atoms with Gasteiger partial charge in [0.2, 0.25) is 5.91 Å². The fourth-order valence-electron chi connectivity index (χ4n) is 1.20. The average molecular weight is 322 g/mol. The van der Waals surface area contributed by atoms with Gasteiger partial charge in [0, 0.05) is 11.0 Å². The highest BCUT2D eigenvalue weighted by atomic mass is 79.9. The van der Waals surface area contributed by atoms with Gasteiger partial charge in [0.05, 0.1) is 6.54 Å². The van der Waals surface area contributed by atoms with E-state index in [1.54, 1.807) is 24.3 Å². The quantitative estimate of drug-likeness (QED) is 0.793. The monoisotopic (exact) mass is 321 g/mol. The van der Waals surface area contributed by atoms with Gasteiger partial charge in [-0.1, -0.05) is 28.1 Å². The molecule has 0 atom stereocenters. The van der Waals surface area contributed by atoms with E-state index in [4.69, 9.17) is 10.9 Å². The third-order valence-corrected chi connectivity index (χ3v) is 3.47. The topological polar surface area (TPSA) is 106 Å². The molecule has 0 aliphatic heterocycles. The van der Waals surface area contributed by atoms with E-state index in [-0.39, 0.29) is 6.54 Å². The highest BCUT2D eigenvalue weighted by Gasteiger charge is 2.19. The van der Waals surface area contributed by atoms with E-state index < -0.39 is 22.7 Å². The van der Waals surface area contributed by atoms with Crippen molar-refractivity contribution in [3.8, 4) is 0 Å². The van der Waals surface area contributed by atoms with Crippen molar-refractivity contribution in [3.05, 3.63) is 34.3 Å². The van der Waals surface area contributed by atoms with Gasteiger partial charge in [0.1, 0.15) is 0 Å². The Bertz CT molecular complexity index is 501. The largest absolute Gasteiger partial charge is 0.369 e. The average Bonchev–Trinajstić information content (AvgIpc) is 2.18. The summed E-state index contributed by atoms with van der Waals surface area (Å²) in [5.74, 6) is -0.754. The molecule has 0 unspecified atom stereocenters. The maximum absolute atomic E-state index is 11.2. The molecule has 0 saturated carbocycles. The summed E-state index contributed by atoms with van der Waals surface area (Å²) in [7, 11) is -3.95. The van der Waals surface area contributed by atoms with Crippen LogP contribution in [-0.4, -0.2) is 25.2 Å². The number of primary amides is 1. The number of halogens is 1. The molecule has 0 bridgehead atoms. The molecule has 4 N–H and O–H groups in total. The van der Waals surface area contributed by atoms with Crippen molar-refractivity contribution in [2.75, 3.05) is 6.54 Å². The van der Waals surface area contributed by atoms with Crippen molar-refractivity contribution >= 4 is 32.0 Å². The van der Waals surface area contributed by atoms with Crippen LogP contribution in [0.5, 0.6) is 0 Å². The smallest absolute Gasteiger partial charge is 0.277 e. The van der Waals surface area contributed by atoms with Gasteiger partial charge in [-0.3, -0.25) is 4.79 Å². The molecular formula is C9H12BrN3O3S. The lowest BCUT2D eigenvalue weighted by Crippen LogP contribution is -2.41. The van der Waals surface area contributed by atoms with E-state index >= 15 is 0 Å². The zero-order chi connectivity index (χ0) is 13.1. The Morgan fingerprint density at radius 2 is 1.82 bits per heavy atom. The predicted octanol–water partition coefficient (Wildman–Crippen LogP) is -0.0601. The second-order valence-electron chi connectivity index (χ2n) is 3.41. The first-order chi connectivity index (χ1) is 7.79. The molecule has 0 fully saturated rings. The van der Waals surface area contributed by atoms with Gasteiger partial charge in [-0.05, 0) is 17.7 Å². The van der Waals surface area contributed by atoms with Gasteiger partial charge < -0.3 is 5.73 Å². The van der Waals surface area contributed by atoms with Crippen molar-refractivity contribution in [2.45, 2.75) is 6.54 Å². The fourth-order valence-corrected chi connectivity index (χ4v) is 2.10. The zero-order valence-corrected chi connectivity index (χ0v) is 11.2. The number of nitrogens with two attached hydrogens (primary N) is 2. The number of carbonyl (C=O) groups is 1. The minimum Gasteiger partial charge on any atom is -0.369 e. The summed E-state index contributed by atoms with van der Waals surface area (Å²) in [6.07, 6.45) is 0. The summed E-state index contributed by atoms with van der Waals surface area (Å²) >= 11 is 3.26.